The summed E-state index contributed by atoms with van der Waals surface area (Å²) in [5.74, 6) is -1.56. The maximum Gasteiger partial charge on any atom is 0.344 e. The molecular weight excluding hydrogens is 484 g/mol. The quantitative estimate of drug-likeness (QED) is 0.441. The molecule has 0 aliphatic carbocycles. The fourth-order valence-corrected chi connectivity index (χ4v) is 4.85. The molecule has 2 aromatic carbocycles. The van der Waals surface area contributed by atoms with Crippen LogP contribution in [-0.2, 0) is 19.6 Å². The third-order valence-electron chi connectivity index (χ3n) is 3.99. The zero-order valence-corrected chi connectivity index (χ0v) is 19.0. The van der Waals surface area contributed by atoms with Crippen LogP contribution in [0.2, 0.25) is 5.02 Å². The van der Waals surface area contributed by atoms with Gasteiger partial charge in [-0.25, -0.2) is 18.2 Å². The third kappa shape index (κ3) is 5.43. The van der Waals surface area contributed by atoms with Crippen LogP contribution in [0.4, 0.5) is 0 Å². The van der Waals surface area contributed by atoms with Crippen LogP contribution in [0.1, 0.15) is 12.5 Å². The number of hydrazine groups is 1. The number of carboxylic acid groups (broad SMARTS) is 1. The lowest BCUT2D eigenvalue weighted by Crippen LogP contribution is -2.44. The Hall–Kier alpha value is -2.44. The van der Waals surface area contributed by atoms with Gasteiger partial charge in [-0.05, 0) is 43.3 Å². The van der Waals surface area contributed by atoms with Gasteiger partial charge in [-0.1, -0.05) is 53.8 Å². The topological polar surface area (TPSA) is 113 Å². The van der Waals surface area contributed by atoms with E-state index in [0.717, 1.165) is 16.8 Å². The lowest BCUT2D eigenvalue weighted by Gasteiger charge is -2.16. The van der Waals surface area contributed by atoms with E-state index in [4.69, 9.17) is 33.7 Å². The second kappa shape index (κ2) is 9.37. The van der Waals surface area contributed by atoms with Crippen molar-refractivity contribution < 1.29 is 27.9 Å². The number of para-hydroxylation sites is 1. The van der Waals surface area contributed by atoms with Crippen LogP contribution in [0, 0.1) is 0 Å². The molecule has 1 aliphatic heterocycles. The number of benzene rings is 2. The van der Waals surface area contributed by atoms with E-state index in [-0.39, 0.29) is 19.9 Å². The number of thioether (sulfide) groups is 1. The van der Waals surface area contributed by atoms with E-state index in [0.29, 0.717) is 10.6 Å². The average molecular weight is 499 g/mol. The summed E-state index contributed by atoms with van der Waals surface area (Å²) in [5, 5.41) is 10.2. The number of nitrogens with zero attached hydrogens (tertiary/aromatic N) is 1. The molecule has 0 spiro atoms. The molecule has 12 heteroatoms. The number of hydrogen-bond donors (Lipinski definition) is 2. The average Bonchev–Trinajstić information content (AvgIpc) is 2.96. The number of carboxylic acids is 1. The van der Waals surface area contributed by atoms with Crippen molar-refractivity contribution in [1.82, 2.24) is 9.84 Å². The first kappa shape index (κ1) is 23.2. The van der Waals surface area contributed by atoms with Crippen molar-refractivity contribution in [3.63, 3.8) is 0 Å². The van der Waals surface area contributed by atoms with Crippen LogP contribution in [0.3, 0.4) is 0 Å². The van der Waals surface area contributed by atoms with Crippen molar-refractivity contribution in [3.8, 4) is 5.75 Å². The van der Waals surface area contributed by atoms with Gasteiger partial charge in [-0.15, -0.1) is 4.83 Å². The maximum atomic E-state index is 12.8. The number of hydrogen-bond acceptors (Lipinski definition) is 7. The first-order chi connectivity index (χ1) is 14.6. The highest BCUT2D eigenvalue weighted by Gasteiger charge is 2.35. The van der Waals surface area contributed by atoms with Crippen molar-refractivity contribution in [2.75, 3.05) is 0 Å². The lowest BCUT2D eigenvalue weighted by molar-refractivity contribution is -0.144. The second-order valence-electron chi connectivity index (χ2n) is 6.20. The molecule has 1 heterocycles. The van der Waals surface area contributed by atoms with Crippen LogP contribution in [0.25, 0.3) is 6.08 Å². The van der Waals surface area contributed by atoms with E-state index in [1.807, 2.05) is 0 Å². The molecule has 1 saturated heterocycles. The number of rotatable bonds is 7. The van der Waals surface area contributed by atoms with Gasteiger partial charge in [0.2, 0.25) is 0 Å². The number of amides is 1. The number of ether oxygens (including phenoxy) is 1. The van der Waals surface area contributed by atoms with Gasteiger partial charge < -0.3 is 9.84 Å². The third-order valence-corrected chi connectivity index (χ3v) is 6.86. The van der Waals surface area contributed by atoms with E-state index < -0.39 is 28.0 Å². The summed E-state index contributed by atoms with van der Waals surface area (Å²) in [6.45, 7) is 1.38. The molecule has 0 bridgehead atoms. The van der Waals surface area contributed by atoms with Crippen molar-refractivity contribution in [2.45, 2.75) is 17.9 Å². The molecule has 0 radical (unpaired) electrons. The summed E-state index contributed by atoms with van der Waals surface area (Å²) in [6, 6.07) is 12.0. The van der Waals surface area contributed by atoms with Gasteiger partial charge in [0, 0.05) is 10.6 Å². The molecule has 1 aliphatic rings. The summed E-state index contributed by atoms with van der Waals surface area (Å²) < 4.78 is 30.6. The largest absolute Gasteiger partial charge is 0.479 e. The van der Waals surface area contributed by atoms with Gasteiger partial charge in [-0.3, -0.25) is 4.79 Å². The molecule has 3 rings (SSSR count). The van der Waals surface area contributed by atoms with Crippen LogP contribution < -0.4 is 9.57 Å². The fraction of sp³-hybridized carbons (Fsp3) is 0.105. The Morgan fingerprint density at radius 1 is 1.26 bits per heavy atom. The number of nitrogens with one attached hydrogen (secondary N) is 1. The van der Waals surface area contributed by atoms with Crippen LogP contribution in [0.5, 0.6) is 5.75 Å². The molecular formula is C19H15ClN2O6S3. The van der Waals surface area contributed by atoms with Gasteiger partial charge in [0.15, 0.2) is 10.4 Å². The highest BCUT2D eigenvalue weighted by Crippen LogP contribution is 2.34. The number of halogens is 1. The molecule has 1 atom stereocenters. The summed E-state index contributed by atoms with van der Waals surface area (Å²) in [7, 11) is -4.08. The molecule has 0 aromatic heterocycles. The zero-order valence-electron chi connectivity index (χ0n) is 15.8. The number of carbonyl (C=O) groups is 2. The first-order valence-corrected chi connectivity index (χ1v) is 11.7. The summed E-state index contributed by atoms with van der Waals surface area (Å²) >= 11 is 11.8. The molecule has 162 valence electrons. The smallest absolute Gasteiger partial charge is 0.344 e. The minimum atomic E-state index is -4.08. The Balaban J connectivity index is 1.85. The van der Waals surface area contributed by atoms with Gasteiger partial charge in [0.25, 0.3) is 15.9 Å². The van der Waals surface area contributed by atoms with E-state index in [9.17, 15) is 18.0 Å². The highest BCUT2D eigenvalue weighted by molar-refractivity contribution is 8.26. The summed E-state index contributed by atoms with van der Waals surface area (Å²) in [4.78, 5) is 26.1. The van der Waals surface area contributed by atoms with Crippen LogP contribution in [-0.4, -0.2) is 40.8 Å². The van der Waals surface area contributed by atoms with Crippen molar-refractivity contribution >= 4 is 67.9 Å². The Bertz CT molecular complexity index is 1180. The fourth-order valence-electron chi connectivity index (χ4n) is 2.42. The molecule has 0 saturated carbocycles. The lowest BCUT2D eigenvalue weighted by atomic mass is 10.2. The van der Waals surface area contributed by atoms with E-state index in [1.54, 1.807) is 24.3 Å². The number of sulfonamides is 1. The second-order valence-corrected chi connectivity index (χ2v) is 9.97. The summed E-state index contributed by atoms with van der Waals surface area (Å²) in [6.07, 6.45) is 0.357. The Kier molecular flexibility index (Phi) is 7.02. The molecule has 2 N–H and O–H groups in total. The predicted molar refractivity (Wildman–Crippen MR) is 121 cm³/mol. The monoisotopic (exact) mass is 498 g/mol. The highest BCUT2D eigenvalue weighted by atomic mass is 35.5. The Morgan fingerprint density at radius 3 is 2.55 bits per heavy atom. The van der Waals surface area contributed by atoms with Crippen molar-refractivity contribution in [2.24, 2.45) is 0 Å². The van der Waals surface area contributed by atoms with E-state index >= 15 is 0 Å². The summed E-state index contributed by atoms with van der Waals surface area (Å²) in [5.41, 5.74) is 0.441. The van der Waals surface area contributed by atoms with Crippen LogP contribution in [0.15, 0.2) is 58.3 Å². The van der Waals surface area contributed by atoms with E-state index in [1.165, 1.54) is 37.3 Å². The first-order valence-electron chi connectivity index (χ1n) is 8.63. The minimum absolute atomic E-state index is 0.00825. The van der Waals surface area contributed by atoms with E-state index in [2.05, 4.69) is 4.83 Å². The Labute approximate surface area is 192 Å². The standard InChI is InChI=1S/C19H15ClN2O6S3/c1-11(18(24)25)28-15-5-3-2-4-12(15)10-16-17(23)22(19(29)30-16)21-31(26,27)14-8-6-13(20)7-9-14/h2-11,21H,1H3,(H,24,25)/b16-10+. The van der Waals surface area contributed by atoms with Crippen LogP contribution >= 0.6 is 35.6 Å². The van der Waals surface area contributed by atoms with Crippen molar-refractivity contribution in [3.05, 3.63) is 64.0 Å². The zero-order chi connectivity index (χ0) is 22.8. The molecule has 2 aromatic rings. The number of carbonyl (C=O) groups excluding carboxylic acids is 1. The maximum absolute atomic E-state index is 12.8. The molecule has 1 unspecified atom stereocenters. The Morgan fingerprint density at radius 2 is 1.90 bits per heavy atom. The molecule has 1 amide bonds. The van der Waals surface area contributed by atoms with Gasteiger partial charge >= 0.3 is 5.97 Å². The molecule has 8 nitrogen and oxygen atoms in total. The van der Waals surface area contributed by atoms with Gasteiger partial charge in [0.1, 0.15) is 5.75 Å². The molecule has 1 fully saturated rings. The molecule has 31 heavy (non-hydrogen) atoms. The SMILES string of the molecule is CC(Oc1ccccc1/C=C1/SC(=S)N(NS(=O)(=O)c2ccc(Cl)cc2)C1=O)C(=O)O. The normalized spacial score (nSPS) is 16.6. The van der Waals surface area contributed by atoms with Gasteiger partial charge in [-0.2, -0.15) is 0 Å². The van der Waals surface area contributed by atoms with Crippen molar-refractivity contribution in [1.29, 1.82) is 0 Å². The number of thiocarbonyl (C=S) groups is 1. The predicted octanol–water partition coefficient (Wildman–Crippen LogP) is 3.29. The van der Waals surface area contributed by atoms with Gasteiger partial charge in [0.05, 0.1) is 9.80 Å². The number of aliphatic carboxylic acids is 1. The minimum Gasteiger partial charge on any atom is -0.479 e.